The van der Waals surface area contributed by atoms with Gasteiger partial charge in [0.2, 0.25) is 10.0 Å². The van der Waals surface area contributed by atoms with E-state index < -0.39 is 21.3 Å². The summed E-state index contributed by atoms with van der Waals surface area (Å²) in [5, 5.41) is 4.74. The van der Waals surface area contributed by atoms with E-state index in [-0.39, 0.29) is 6.03 Å². The number of benzene rings is 1. The fourth-order valence-electron chi connectivity index (χ4n) is 4.85. The van der Waals surface area contributed by atoms with E-state index in [1.807, 2.05) is 0 Å². The van der Waals surface area contributed by atoms with Gasteiger partial charge >= 0.3 is 12.1 Å². The van der Waals surface area contributed by atoms with E-state index in [1.165, 1.54) is 11.1 Å². The van der Waals surface area contributed by atoms with Crippen molar-refractivity contribution in [1.82, 2.24) is 14.9 Å². The summed E-state index contributed by atoms with van der Waals surface area (Å²) in [6.45, 7) is 0.707. The minimum Gasteiger partial charge on any atom is -0.341 e. The van der Waals surface area contributed by atoms with E-state index in [0.717, 1.165) is 55.3 Å². The number of sulfonamides is 1. The van der Waals surface area contributed by atoms with Crippen molar-refractivity contribution in [2.75, 3.05) is 25.5 Å². The first-order valence-corrected chi connectivity index (χ1v) is 11.9. The molecule has 1 aromatic rings. The van der Waals surface area contributed by atoms with Crippen LogP contribution in [-0.4, -0.2) is 50.8 Å². The quantitative estimate of drug-likeness (QED) is 0.694. The molecule has 0 saturated carbocycles. The Hall–Kier alpha value is -2.29. The molecule has 4 amide bonds. The van der Waals surface area contributed by atoms with Crippen molar-refractivity contribution in [3.63, 3.8) is 0 Å². The third-order valence-electron chi connectivity index (χ3n) is 6.33. The van der Waals surface area contributed by atoms with Gasteiger partial charge in [0, 0.05) is 25.8 Å². The maximum Gasteiger partial charge on any atom is 0.332 e. The molecular formula is C20H28N4O4S. The molecule has 3 aliphatic rings. The number of hydrogen-bond donors (Lipinski definition) is 3. The molecule has 1 aliphatic heterocycles. The molecule has 29 heavy (non-hydrogen) atoms. The van der Waals surface area contributed by atoms with Gasteiger partial charge in [0.05, 0.1) is 5.25 Å². The summed E-state index contributed by atoms with van der Waals surface area (Å²) >= 11 is 0. The van der Waals surface area contributed by atoms with Crippen LogP contribution in [0, 0.1) is 0 Å². The van der Waals surface area contributed by atoms with Crippen LogP contribution >= 0.6 is 0 Å². The van der Waals surface area contributed by atoms with Gasteiger partial charge in [0.15, 0.2) is 0 Å². The number of anilines is 1. The highest BCUT2D eigenvalue weighted by Gasteiger charge is 2.33. The predicted octanol–water partition coefficient (Wildman–Crippen LogP) is 1.92. The molecule has 1 heterocycles. The lowest BCUT2D eigenvalue weighted by Crippen LogP contribution is -2.49. The highest BCUT2D eigenvalue weighted by molar-refractivity contribution is 7.90. The standard InChI is InChI=1S/C20H28N4O4S/c1-21-20(26)24-10-8-15(9-11-24)29(27,28)23-19(25)22-18-16-6-2-4-13(16)12-14-5-3-7-17(14)18/h12,15H,2-11H2,1H3,(H,21,26)(H2,22,23,25). The second-order valence-electron chi connectivity index (χ2n) is 8.08. The molecule has 3 N–H and O–H groups in total. The fourth-order valence-corrected chi connectivity index (χ4v) is 6.15. The first kappa shape index (κ1) is 20.0. The SMILES string of the molecule is CNC(=O)N1CCC(S(=O)(=O)NC(=O)Nc2c3c(cc4c2CCC4)CCC3)CC1. The molecule has 4 rings (SSSR count). The van der Waals surface area contributed by atoms with E-state index in [9.17, 15) is 18.0 Å². The molecule has 8 nitrogen and oxygen atoms in total. The molecule has 0 spiro atoms. The molecule has 1 aromatic carbocycles. The van der Waals surface area contributed by atoms with Gasteiger partial charge in [-0.3, -0.25) is 0 Å². The highest BCUT2D eigenvalue weighted by Crippen LogP contribution is 2.38. The average Bonchev–Trinajstić information content (AvgIpc) is 3.36. The summed E-state index contributed by atoms with van der Waals surface area (Å²) in [5.74, 6) is 0. The van der Waals surface area contributed by atoms with E-state index in [2.05, 4.69) is 21.4 Å². The van der Waals surface area contributed by atoms with Crippen molar-refractivity contribution in [2.45, 2.75) is 56.6 Å². The zero-order valence-electron chi connectivity index (χ0n) is 16.7. The number of rotatable bonds is 3. The third-order valence-corrected chi connectivity index (χ3v) is 8.15. The Morgan fingerprint density at radius 1 is 1.00 bits per heavy atom. The average molecular weight is 421 g/mol. The molecule has 0 radical (unpaired) electrons. The van der Waals surface area contributed by atoms with Crippen LogP contribution in [0.25, 0.3) is 0 Å². The number of aryl methyl sites for hydroxylation is 2. The molecule has 0 bridgehead atoms. The number of urea groups is 2. The summed E-state index contributed by atoms with van der Waals surface area (Å²) < 4.78 is 27.6. The van der Waals surface area contributed by atoms with Crippen LogP contribution in [0.15, 0.2) is 6.07 Å². The maximum absolute atomic E-state index is 12.7. The van der Waals surface area contributed by atoms with Crippen molar-refractivity contribution < 1.29 is 18.0 Å². The van der Waals surface area contributed by atoms with Gasteiger partial charge in [-0.2, -0.15) is 0 Å². The Morgan fingerprint density at radius 2 is 1.59 bits per heavy atom. The first-order valence-electron chi connectivity index (χ1n) is 10.3. The van der Waals surface area contributed by atoms with Gasteiger partial charge in [-0.25, -0.2) is 22.7 Å². The van der Waals surface area contributed by atoms with Crippen molar-refractivity contribution in [1.29, 1.82) is 0 Å². The fraction of sp³-hybridized carbons (Fsp3) is 0.600. The van der Waals surface area contributed by atoms with Crippen LogP contribution in [0.1, 0.15) is 47.9 Å². The lowest BCUT2D eigenvalue weighted by Gasteiger charge is -2.31. The molecule has 158 valence electrons. The molecule has 0 unspecified atom stereocenters. The van der Waals surface area contributed by atoms with Crippen LogP contribution in [0.5, 0.6) is 0 Å². The lowest BCUT2D eigenvalue weighted by molar-refractivity contribution is 0.189. The Balaban J connectivity index is 1.44. The van der Waals surface area contributed by atoms with Gasteiger partial charge in [-0.15, -0.1) is 0 Å². The van der Waals surface area contributed by atoms with E-state index in [4.69, 9.17) is 0 Å². The van der Waals surface area contributed by atoms with E-state index in [0.29, 0.717) is 25.9 Å². The molecule has 0 aromatic heterocycles. The molecule has 0 atom stereocenters. The van der Waals surface area contributed by atoms with Gasteiger partial charge in [-0.1, -0.05) is 6.07 Å². The number of carbonyl (C=O) groups is 2. The third kappa shape index (κ3) is 3.92. The molecular weight excluding hydrogens is 392 g/mol. The van der Waals surface area contributed by atoms with E-state index in [1.54, 1.807) is 11.9 Å². The van der Waals surface area contributed by atoms with Crippen LogP contribution in [-0.2, 0) is 35.7 Å². The van der Waals surface area contributed by atoms with Gasteiger partial charge < -0.3 is 15.5 Å². The minimum atomic E-state index is -3.81. The van der Waals surface area contributed by atoms with Crippen LogP contribution in [0.4, 0.5) is 15.3 Å². The number of carbonyl (C=O) groups excluding carboxylic acids is 2. The van der Waals surface area contributed by atoms with Gasteiger partial charge in [0.25, 0.3) is 0 Å². The maximum atomic E-state index is 12.7. The Bertz CT molecular complexity index is 904. The number of likely N-dealkylation sites (tertiary alicyclic amines) is 1. The monoisotopic (exact) mass is 420 g/mol. The number of piperidine rings is 1. The second-order valence-corrected chi connectivity index (χ2v) is 10.0. The van der Waals surface area contributed by atoms with E-state index >= 15 is 0 Å². The lowest BCUT2D eigenvalue weighted by atomic mass is 9.99. The molecule has 1 fully saturated rings. The predicted molar refractivity (Wildman–Crippen MR) is 111 cm³/mol. The van der Waals surface area contributed by atoms with Crippen LogP contribution in [0.2, 0.25) is 0 Å². The van der Waals surface area contributed by atoms with Gasteiger partial charge in [0.1, 0.15) is 0 Å². The van der Waals surface area contributed by atoms with Crippen LogP contribution < -0.4 is 15.4 Å². The van der Waals surface area contributed by atoms with Crippen molar-refractivity contribution in [2.24, 2.45) is 0 Å². The topological polar surface area (TPSA) is 108 Å². The van der Waals surface area contributed by atoms with Crippen molar-refractivity contribution in [3.8, 4) is 0 Å². The number of hydrogen-bond acceptors (Lipinski definition) is 4. The normalized spacial score (nSPS) is 18.9. The highest BCUT2D eigenvalue weighted by atomic mass is 32.2. The summed E-state index contributed by atoms with van der Waals surface area (Å²) in [6, 6.07) is 1.37. The van der Waals surface area contributed by atoms with Crippen LogP contribution in [0.3, 0.4) is 0 Å². The van der Waals surface area contributed by atoms with Gasteiger partial charge in [-0.05, 0) is 73.6 Å². The second kappa shape index (κ2) is 7.85. The summed E-state index contributed by atoms with van der Waals surface area (Å²) in [4.78, 5) is 25.9. The Morgan fingerprint density at radius 3 is 2.14 bits per heavy atom. The zero-order chi connectivity index (χ0) is 20.6. The molecule has 2 aliphatic carbocycles. The molecule has 1 saturated heterocycles. The minimum absolute atomic E-state index is 0.210. The number of nitrogens with zero attached hydrogens (tertiary/aromatic N) is 1. The van der Waals surface area contributed by atoms with Crippen molar-refractivity contribution >= 4 is 27.8 Å². The largest absolute Gasteiger partial charge is 0.341 e. The Kier molecular flexibility index (Phi) is 5.42. The smallest absolute Gasteiger partial charge is 0.332 e. The summed E-state index contributed by atoms with van der Waals surface area (Å²) in [5.41, 5.74) is 5.72. The zero-order valence-corrected chi connectivity index (χ0v) is 17.5. The summed E-state index contributed by atoms with van der Waals surface area (Å²) in [7, 11) is -2.26. The number of fused-ring (bicyclic) bond motifs is 2. The summed E-state index contributed by atoms with van der Waals surface area (Å²) in [6.07, 6.45) is 6.62. The number of nitrogens with one attached hydrogen (secondary N) is 3. The molecule has 9 heteroatoms. The Labute approximate surface area is 171 Å². The van der Waals surface area contributed by atoms with Crippen molar-refractivity contribution in [3.05, 3.63) is 28.3 Å². The first-order chi connectivity index (χ1) is 13.9. The number of amides is 4.